The zero-order chi connectivity index (χ0) is 13.0. The van der Waals surface area contributed by atoms with Crippen molar-refractivity contribution in [2.45, 2.75) is 39.0 Å². The Kier molecular flexibility index (Phi) is 3.86. The second kappa shape index (κ2) is 5.39. The molecule has 18 heavy (non-hydrogen) atoms. The van der Waals surface area contributed by atoms with Crippen molar-refractivity contribution in [1.82, 2.24) is 0 Å². The second-order valence-corrected chi connectivity index (χ2v) is 5.02. The molecule has 0 saturated carbocycles. The minimum atomic E-state index is 0.162. The first-order valence-electron chi connectivity index (χ1n) is 6.85. The van der Waals surface area contributed by atoms with Crippen LogP contribution in [0.5, 0.6) is 0 Å². The maximum Gasteiger partial charge on any atom is 0.0197 e. The van der Waals surface area contributed by atoms with E-state index in [4.69, 9.17) is 0 Å². The van der Waals surface area contributed by atoms with Crippen molar-refractivity contribution in [3.05, 3.63) is 71.3 Å². The van der Waals surface area contributed by atoms with Gasteiger partial charge in [0.1, 0.15) is 0 Å². The minimum absolute atomic E-state index is 0.162. The van der Waals surface area contributed by atoms with Crippen LogP contribution in [0.25, 0.3) is 0 Å². The third-order valence-corrected chi connectivity index (χ3v) is 4.14. The Labute approximate surface area is 111 Å². The highest BCUT2D eigenvalue weighted by atomic mass is 14.3. The number of rotatable bonds is 4. The van der Waals surface area contributed by atoms with Gasteiger partial charge in [-0.15, -0.1) is 0 Å². The number of hydrogen-bond acceptors (Lipinski definition) is 0. The van der Waals surface area contributed by atoms with Gasteiger partial charge in [-0.2, -0.15) is 0 Å². The summed E-state index contributed by atoms with van der Waals surface area (Å²) in [4.78, 5) is 0. The van der Waals surface area contributed by atoms with Crippen molar-refractivity contribution in [2.75, 3.05) is 0 Å². The van der Waals surface area contributed by atoms with Crippen molar-refractivity contribution < 1.29 is 0 Å². The summed E-state index contributed by atoms with van der Waals surface area (Å²) in [6.07, 6.45) is 2.27. The van der Waals surface area contributed by atoms with Gasteiger partial charge >= 0.3 is 0 Å². The fourth-order valence-electron chi connectivity index (χ4n) is 2.86. The summed E-state index contributed by atoms with van der Waals surface area (Å²) in [5.74, 6) is 0. The Morgan fingerprint density at radius 2 is 1.22 bits per heavy atom. The Morgan fingerprint density at radius 3 is 1.72 bits per heavy atom. The van der Waals surface area contributed by atoms with E-state index in [9.17, 15) is 0 Å². The molecule has 0 saturated heterocycles. The lowest BCUT2D eigenvalue weighted by Crippen LogP contribution is -2.25. The maximum absolute atomic E-state index is 2.29. The van der Waals surface area contributed by atoms with Crippen molar-refractivity contribution in [3.8, 4) is 0 Å². The van der Waals surface area contributed by atoms with E-state index < -0.39 is 0 Å². The van der Waals surface area contributed by atoms with Crippen LogP contribution >= 0.6 is 0 Å². The van der Waals surface area contributed by atoms with E-state index in [1.807, 2.05) is 0 Å². The van der Waals surface area contributed by atoms with Gasteiger partial charge in [0.25, 0.3) is 0 Å². The lowest BCUT2D eigenvalue weighted by Gasteiger charge is -2.33. The molecule has 0 heterocycles. The van der Waals surface area contributed by atoms with Gasteiger partial charge in [-0.05, 0) is 30.9 Å². The summed E-state index contributed by atoms with van der Waals surface area (Å²) in [7, 11) is 0. The van der Waals surface area contributed by atoms with Gasteiger partial charge in [-0.3, -0.25) is 0 Å². The quantitative estimate of drug-likeness (QED) is 0.695. The highest BCUT2D eigenvalue weighted by molar-refractivity contribution is 5.40. The molecule has 0 fully saturated rings. The van der Waals surface area contributed by atoms with Crippen LogP contribution in [-0.2, 0) is 5.41 Å². The van der Waals surface area contributed by atoms with Gasteiger partial charge in [0.05, 0.1) is 0 Å². The van der Waals surface area contributed by atoms with Gasteiger partial charge in [0.15, 0.2) is 0 Å². The summed E-state index contributed by atoms with van der Waals surface area (Å²) in [5.41, 5.74) is 4.35. The van der Waals surface area contributed by atoms with E-state index in [2.05, 4.69) is 75.4 Å². The summed E-state index contributed by atoms with van der Waals surface area (Å²) >= 11 is 0. The zero-order valence-corrected chi connectivity index (χ0v) is 11.6. The summed E-state index contributed by atoms with van der Waals surface area (Å²) in [6.45, 7) is 6.72. The van der Waals surface area contributed by atoms with Crippen molar-refractivity contribution in [2.24, 2.45) is 0 Å². The summed E-state index contributed by atoms with van der Waals surface area (Å²) < 4.78 is 0. The maximum atomic E-state index is 2.29. The molecular weight excluding hydrogens is 216 g/mol. The third-order valence-electron chi connectivity index (χ3n) is 4.14. The van der Waals surface area contributed by atoms with Gasteiger partial charge in [0, 0.05) is 5.41 Å². The van der Waals surface area contributed by atoms with Crippen molar-refractivity contribution in [3.63, 3.8) is 0 Å². The van der Waals surface area contributed by atoms with E-state index in [-0.39, 0.29) is 5.41 Å². The molecule has 0 unspecified atom stereocenters. The molecule has 0 bridgehead atoms. The van der Waals surface area contributed by atoms with Gasteiger partial charge < -0.3 is 0 Å². The molecule has 0 atom stereocenters. The second-order valence-electron chi connectivity index (χ2n) is 5.02. The lowest BCUT2D eigenvalue weighted by atomic mass is 9.70. The molecular formula is C18H22. The molecule has 2 aromatic rings. The average Bonchev–Trinajstić information content (AvgIpc) is 2.44. The number of hydrogen-bond donors (Lipinski definition) is 0. The van der Waals surface area contributed by atoms with Crippen LogP contribution in [0.4, 0.5) is 0 Å². The first-order valence-corrected chi connectivity index (χ1v) is 6.85. The van der Waals surface area contributed by atoms with Crippen molar-refractivity contribution in [1.29, 1.82) is 0 Å². The van der Waals surface area contributed by atoms with E-state index in [0.717, 1.165) is 12.8 Å². The van der Waals surface area contributed by atoms with Crippen LogP contribution in [0.2, 0.25) is 0 Å². The molecule has 2 aromatic carbocycles. The van der Waals surface area contributed by atoms with Crippen molar-refractivity contribution >= 4 is 0 Å². The smallest absolute Gasteiger partial charge is 0.0197 e. The highest BCUT2D eigenvalue weighted by Gasteiger charge is 2.29. The van der Waals surface area contributed by atoms with Crippen LogP contribution in [0.15, 0.2) is 54.6 Å². The van der Waals surface area contributed by atoms with E-state index >= 15 is 0 Å². The van der Waals surface area contributed by atoms with E-state index in [0.29, 0.717) is 0 Å². The normalized spacial score (nSPS) is 11.5. The first kappa shape index (κ1) is 12.9. The molecule has 0 heteroatoms. The van der Waals surface area contributed by atoms with E-state index in [1.165, 1.54) is 16.7 Å². The Bertz CT molecular complexity index is 475. The molecule has 0 amide bonds. The molecule has 0 nitrogen and oxygen atoms in total. The van der Waals surface area contributed by atoms with Crippen LogP contribution in [-0.4, -0.2) is 0 Å². The third kappa shape index (κ3) is 2.20. The average molecular weight is 238 g/mol. The molecule has 0 radical (unpaired) electrons. The predicted octanol–water partition coefficient (Wildman–Crippen LogP) is 5.10. The topological polar surface area (TPSA) is 0 Å². The van der Waals surface area contributed by atoms with Gasteiger partial charge in [0.2, 0.25) is 0 Å². The SMILES string of the molecule is CCC(CC)(c1ccccc1)c1ccc(C)cc1. The summed E-state index contributed by atoms with van der Waals surface area (Å²) in [6, 6.07) is 19.9. The van der Waals surface area contributed by atoms with Crippen LogP contribution in [0.3, 0.4) is 0 Å². The number of benzene rings is 2. The van der Waals surface area contributed by atoms with E-state index in [1.54, 1.807) is 0 Å². The Hall–Kier alpha value is -1.56. The largest absolute Gasteiger partial charge is 0.0642 e. The Balaban J connectivity index is 2.54. The molecule has 0 spiro atoms. The summed E-state index contributed by atoms with van der Waals surface area (Å²) in [5, 5.41) is 0. The van der Waals surface area contributed by atoms with Crippen LogP contribution < -0.4 is 0 Å². The minimum Gasteiger partial charge on any atom is -0.0642 e. The standard InChI is InChI=1S/C18H22/c1-4-18(5-2,16-9-7-6-8-10-16)17-13-11-15(3)12-14-17/h6-14H,4-5H2,1-3H3. The molecule has 0 aliphatic carbocycles. The molecule has 0 N–H and O–H groups in total. The molecule has 0 aliphatic heterocycles. The predicted molar refractivity (Wildman–Crippen MR) is 79.0 cm³/mol. The zero-order valence-electron chi connectivity index (χ0n) is 11.6. The highest BCUT2D eigenvalue weighted by Crippen LogP contribution is 2.38. The molecule has 94 valence electrons. The first-order chi connectivity index (χ1) is 8.73. The number of aryl methyl sites for hydroxylation is 1. The van der Waals surface area contributed by atoms with Crippen LogP contribution in [0, 0.1) is 6.92 Å². The fourth-order valence-corrected chi connectivity index (χ4v) is 2.86. The van der Waals surface area contributed by atoms with Crippen LogP contribution in [0.1, 0.15) is 43.4 Å². The Morgan fingerprint density at radius 1 is 0.722 bits per heavy atom. The van der Waals surface area contributed by atoms with Gasteiger partial charge in [-0.1, -0.05) is 74.0 Å². The molecule has 2 rings (SSSR count). The monoisotopic (exact) mass is 238 g/mol. The van der Waals surface area contributed by atoms with Gasteiger partial charge in [-0.25, -0.2) is 0 Å². The fraction of sp³-hybridized carbons (Fsp3) is 0.333. The lowest BCUT2D eigenvalue weighted by molar-refractivity contribution is 0.478. The molecule has 0 aliphatic rings. The molecule has 0 aromatic heterocycles.